The summed E-state index contributed by atoms with van der Waals surface area (Å²) in [6, 6.07) is 0.327. The molecule has 0 bridgehead atoms. The fraction of sp³-hybridized carbons (Fsp3) is 0.611. The van der Waals surface area contributed by atoms with Crippen molar-refractivity contribution in [2.24, 2.45) is 5.92 Å². The van der Waals surface area contributed by atoms with Gasteiger partial charge in [0.2, 0.25) is 5.91 Å². The number of amides is 2. The molecule has 7 heteroatoms. The molecule has 25 heavy (non-hydrogen) atoms. The summed E-state index contributed by atoms with van der Waals surface area (Å²) in [7, 11) is 0. The summed E-state index contributed by atoms with van der Waals surface area (Å²) in [4.78, 5) is 39.7. The standard InChI is InChI=1S/C18H27N3O4/c1-4-15-16(14(22)10-25-15)21-18(24)13(6-5-11(2)3)20-17(23)12-7-8-19-9-12/h7-9,11,13,15-16,19H,4-6,10H2,1-3H3,(H,20,23)(H,21,24)/t13-,15?,16?/m0/s1. The van der Waals surface area contributed by atoms with Crippen molar-refractivity contribution in [2.75, 3.05) is 6.61 Å². The average molecular weight is 349 g/mol. The van der Waals surface area contributed by atoms with Crippen LogP contribution in [0.4, 0.5) is 0 Å². The molecular weight excluding hydrogens is 322 g/mol. The molecule has 3 N–H and O–H groups in total. The van der Waals surface area contributed by atoms with Crippen LogP contribution in [-0.4, -0.2) is 47.4 Å². The van der Waals surface area contributed by atoms with Crippen molar-refractivity contribution in [1.29, 1.82) is 0 Å². The van der Waals surface area contributed by atoms with Gasteiger partial charge in [-0.2, -0.15) is 0 Å². The van der Waals surface area contributed by atoms with Crippen molar-refractivity contribution in [3.05, 3.63) is 24.0 Å². The van der Waals surface area contributed by atoms with E-state index in [2.05, 4.69) is 29.5 Å². The topological polar surface area (TPSA) is 100 Å². The lowest BCUT2D eigenvalue weighted by molar-refractivity contribution is -0.127. The molecule has 1 saturated heterocycles. The van der Waals surface area contributed by atoms with E-state index < -0.39 is 12.1 Å². The molecule has 1 aliphatic rings. The number of aromatic nitrogens is 1. The molecule has 1 aliphatic heterocycles. The minimum absolute atomic E-state index is 0.0236. The van der Waals surface area contributed by atoms with Gasteiger partial charge in [0, 0.05) is 12.4 Å². The van der Waals surface area contributed by atoms with Gasteiger partial charge in [-0.3, -0.25) is 14.4 Å². The van der Waals surface area contributed by atoms with Gasteiger partial charge in [0.1, 0.15) is 18.7 Å². The Bertz CT molecular complexity index is 597. The zero-order valence-corrected chi connectivity index (χ0v) is 15.0. The lowest BCUT2D eigenvalue weighted by Crippen LogP contribution is -2.53. The third kappa shape index (κ3) is 5.16. The second kappa shape index (κ2) is 8.80. The van der Waals surface area contributed by atoms with Gasteiger partial charge in [-0.1, -0.05) is 20.8 Å². The van der Waals surface area contributed by atoms with Crippen LogP contribution in [0.25, 0.3) is 0 Å². The van der Waals surface area contributed by atoms with E-state index >= 15 is 0 Å². The van der Waals surface area contributed by atoms with E-state index in [1.54, 1.807) is 18.5 Å². The lowest BCUT2D eigenvalue weighted by atomic mass is 10.0. The minimum atomic E-state index is -0.685. The number of H-pyrrole nitrogens is 1. The number of rotatable bonds is 8. The predicted molar refractivity (Wildman–Crippen MR) is 93.1 cm³/mol. The number of carbonyl (C=O) groups excluding carboxylic acids is 3. The minimum Gasteiger partial charge on any atom is -0.368 e. The summed E-state index contributed by atoms with van der Waals surface area (Å²) in [6.07, 6.45) is 4.87. The first kappa shape index (κ1) is 19.2. The Kier molecular flexibility index (Phi) is 6.75. The SMILES string of the molecule is CCC1OCC(=O)C1NC(=O)[C@H](CCC(C)C)NC(=O)c1cc[nH]c1. The van der Waals surface area contributed by atoms with Crippen LogP contribution in [0.15, 0.2) is 18.5 Å². The zero-order valence-electron chi connectivity index (χ0n) is 15.0. The van der Waals surface area contributed by atoms with Crippen LogP contribution < -0.4 is 10.6 Å². The number of nitrogens with one attached hydrogen (secondary N) is 3. The number of carbonyl (C=O) groups is 3. The van der Waals surface area contributed by atoms with Crippen molar-refractivity contribution < 1.29 is 19.1 Å². The molecule has 0 spiro atoms. The van der Waals surface area contributed by atoms with Gasteiger partial charge in [0.05, 0.1) is 11.7 Å². The Morgan fingerprint density at radius 1 is 1.36 bits per heavy atom. The molecule has 3 atom stereocenters. The highest BCUT2D eigenvalue weighted by Gasteiger charge is 2.37. The monoisotopic (exact) mass is 349 g/mol. The second-order valence-corrected chi connectivity index (χ2v) is 6.81. The molecule has 2 amide bonds. The van der Waals surface area contributed by atoms with Crippen molar-refractivity contribution >= 4 is 17.6 Å². The van der Waals surface area contributed by atoms with E-state index in [1.807, 2.05) is 6.92 Å². The molecule has 0 aromatic carbocycles. The molecule has 2 rings (SSSR count). The largest absolute Gasteiger partial charge is 0.368 e. The first-order valence-electron chi connectivity index (χ1n) is 8.80. The van der Waals surface area contributed by atoms with Crippen LogP contribution in [-0.2, 0) is 14.3 Å². The van der Waals surface area contributed by atoms with E-state index in [9.17, 15) is 14.4 Å². The van der Waals surface area contributed by atoms with E-state index in [0.717, 1.165) is 6.42 Å². The van der Waals surface area contributed by atoms with Gasteiger partial charge in [-0.15, -0.1) is 0 Å². The van der Waals surface area contributed by atoms with Crippen molar-refractivity contribution in [3.63, 3.8) is 0 Å². The maximum atomic E-state index is 12.7. The highest BCUT2D eigenvalue weighted by molar-refractivity contribution is 5.98. The summed E-state index contributed by atoms with van der Waals surface area (Å²) >= 11 is 0. The molecule has 1 aromatic rings. The molecule has 2 heterocycles. The molecule has 2 unspecified atom stereocenters. The quantitative estimate of drug-likeness (QED) is 0.660. The van der Waals surface area contributed by atoms with E-state index in [4.69, 9.17) is 4.74 Å². The fourth-order valence-electron chi connectivity index (χ4n) is 2.84. The molecule has 0 aliphatic carbocycles. The summed E-state index contributed by atoms with van der Waals surface area (Å²) in [6.45, 7) is 6.05. The maximum absolute atomic E-state index is 12.7. The van der Waals surface area contributed by atoms with Crippen molar-refractivity contribution in [3.8, 4) is 0 Å². The van der Waals surface area contributed by atoms with Gasteiger partial charge in [0.25, 0.3) is 5.91 Å². The smallest absolute Gasteiger partial charge is 0.253 e. The van der Waals surface area contributed by atoms with Crippen LogP contribution in [0.1, 0.15) is 50.4 Å². The third-order valence-electron chi connectivity index (χ3n) is 4.37. The Morgan fingerprint density at radius 2 is 2.12 bits per heavy atom. The highest BCUT2D eigenvalue weighted by Crippen LogP contribution is 2.15. The van der Waals surface area contributed by atoms with Gasteiger partial charge in [0.15, 0.2) is 5.78 Å². The Balaban J connectivity index is 2.04. The van der Waals surface area contributed by atoms with E-state index in [1.165, 1.54) is 0 Å². The summed E-state index contributed by atoms with van der Waals surface area (Å²) in [5.41, 5.74) is 0.467. The molecule has 7 nitrogen and oxygen atoms in total. The molecule has 138 valence electrons. The number of Topliss-reactive ketones (excluding diaryl/α,β-unsaturated/α-hetero) is 1. The van der Waals surface area contributed by atoms with Crippen molar-refractivity contribution in [1.82, 2.24) is 15.6 Å². The van der Waals surface area contributed by atoms with E-state index in [0.29, 0.717) is 24.3 Å². The Hall–Kier alpha value is -2.15. The lowest BCUT2D eigenvalue weighted by Gasteiger charge is -2.23. The molecule has 0 saturated carbocycles. The molecular formula is C18H27N3O4. The Morgan fingerprint density at radius 3 is 2.72 bits per heavy atom. The van der Waals surface area contributed by atoms with Crippen LogP contribution in [0.2, 0.25) is 0 Å². The first-order chi connectivity index (χ1) is 11.9. The number of ether oxygens (including phenoxy) is 1. The van der Waals surface area contributed by atoms with Crippen LogP contribution in [0.5, 0.6) is 0 Å². The summed E-state index contributed by atoms with van der Waals surface area (Å²) < 4.78 is 5.39. The number of ketones is 1. The number of hydrogen-bond donors (Lipinski definition) is 3. The highest BCUT2D eigenvalue weighted by atomic mass is 16.5. The molecule has 1 fully saturated rings. The van der Waals surface area contributed by atoms with E-state index in [-0.39, 0.29) is 30.3 Å². The average Bonchev–Trinajstić information content (AvgIpc) is 3.22. The summed E-state index contributed by atoms with van der Waals surface area (Å²) in [5.74, 6) is -0.378. The maximum Gasteiger partial charge on any atom is 0.253 e. The zero-order chi connectivity index (χ0) is 18.4. The van der Waals surface area contributed by atoms with Crippen LogP contribution in [0, 0.1) is 5.92 Å². The number of hydrogen-bond acceptors (Lipinski definition) is 4. The normalized spacial score (nSPS) is 21.4. The van der Waals surface area contributed by atoms with Gasteiger partial charge >= 0.3 is 0 Å². The van der Waals surface area contributed by atoms with Gasteiger partial charge < -0.3 is 20.4 Å². The Labute approximate surface area is 147 Å². The second-order valence-electron chi connectivity index (χ2n) is 6.81. The molecule has 1 aromatic heterocycles. The van der Waals surface area contributed by atoms with Gasteiger partial charge in [-0.05, 0) is 31.2 Å². The van der Waals surface area contributed by atoms with Crippen LogP contribution >= 0.6 is 0 Å². The predicted octanol–water partition coefficient (Wildman–Crippen LogP) is 1.41. The van der Waals surface area contributed by atoms with Gasteiger partial charge in [-0.25, -0.2) is 0 Å². The van der Waals surface area contributed by atoms with Crippen molar-refractivity contribution in [2.45, 2.75) is 58.2 Å². The molecule has 0 radical (unpaired) electrons. The number of aromatic amines is 1. The first-order valence-corrected chi connectivity index (χ1v) is 8.80. The van der Waals surface area contributed by atoms with Crippen LogP contribution in [0.3, 0.4) is 0 Å². The third-order valence-corrected chi connectivity index (χ3v) is 4.37. The fourth-order valence-corrected chi connectivity index (χ4v) is 2.84. The summed E-state index contributed by atoms with van der Waals surface area (Å²) in [5, 5.41) is 5.54.